The van der Waals surface area contributed by atoms with Crippen LogP contribution in [-0.4, -0.2) is 11.7 Å². The van der Waals surface area contributed by atoms with E-state index in [1.165, 1.54) is 6.07 Å². The van der Waals surface area contributed by atoms with Gasteiger partial charge in [0.1, 0.15) is 5.82 Å². The van der Waals surface area contributed by atoms with Gasteiger partial charge in [-0.1, -0.05) is 45.7 Å². The quantitative estimate of drug-likeness (QED) is 0.839. The molecule has 2 aromatic carbocycles. The lowest BCUT2D eigenvalue weighted by Crippen LogP contribution is -2.22. The van der Waals surface area contributed by atoms with Crippen molar-refractivity contribution in [1.29, 1.82) is 0 Å². The van der Waals surface area contributed by atoms with Crippen LogP contribution in [0.2, 0.25) is 5.02 Å². The third kappa shape index (κ3) is 3.46. The number of halogens is 3. The van der Waals surface area contributed by atoms with Gasteiger partial charge in [-0.2, -0.15) is 0 Å². The third-order valence-electron chi connectivity index (χ3n) is 3.57. The zero-order valence-electron chi connectivity index (χ0n) is 11.5. The molecule has 0 amide bonds. The molecule has 5 heteroatoms. The molecule has 0 radical (unpaired) electrons. The molecule has 3 N–H and O–H groups in total. The summed E-state index contributed by atoms with van der Waals surface area (Å²) in [5.74, 6) is -1.08. The van der Waals surface area contributed by atoms with Crippen LogP contribution in [0.4, 0.5) is 4.39 Å². The first-order valence-corrected chi connectivity index (χ1v) is 7.71. The molecule has 0 aliphatic carbocycles. The minimum atomic E-state index is -0.893. The van der Waals surface area contributed by atoms with E-state index in [1.54, 1.807) is 12.1 Å². The second-order valence-electron chi connectivity index (χ2n) is 4.93. The fraction of sp³-hybridized carbons (Fsp3) is 0.250. The van der Waals surface area contributed by atoms with Gasteiger partial charge in [-0.05, 0) is 41.8 Å². The van der Waals surface area contributed by atoms with Crippen LogP contribution >= 0.6 is 27.5 Å². The van der Waals surface area contributed by atoms with Gasteiger partial charge < -0.3 is 10.8 Å². The van der Waals surface area contributed by atoms with E-state index in [9.17, 15) is 9.50 Å². The SMILES string of the molecule is Cc1cc(Br)ccc1C(O)C(CN)c1cccc(Cl)c1F. The number of aryl methyl sites for hydroxylation is 1. The smallest absolute Gasteiger partial charge is 0.145 e. The first-order valence-electron chi connectivity index (χ1n) is 6.53. The second-order valence-corrected chi connectivity index (χ2v) is 6.25. The number of hydrogen-bond acceptors (Lipinski definition) is 2. The molecule has 0 saturated carbocycles. The van der Waals surface area contributed by atoms with Gasteiger partial charge in [0, 0.05) is 16.9 Å². The average molecular weight is 373 g/mol. The first-order chi connectivity index (χ1) is 9.95. The largest absolute Gasteiger partial charge is 0.388 e. The molecule has 0 aliphatic heterocycles. The fourth-order valence-corrected chi connectivity index (χ4v) is 3.08. The Labute approximate surface area is 136 Å². The summed E-state index contributed by atoms with van der Waals surface area (Å²) in [5, 5.41) is 10.6. The summed E-state index contributed by atoms with van der Waals surface area (Å²) in [4.78, 5) is 0. The summed E-state index contributed by atoms with van der Waals surface area (Å²) < 4.78 is 15.1. The monoisotopic (exact) mass is 371 g/mol. The van der Waals surface area contributed by atoms with E-state index >= 15 is 0 Å². The molecular formula is C16H16BrClFNO. The summed E-state index contributed by atoms with van der Waals surface area (Å²) >= 11 is 9.20. The highest BCUT2D eigenvalue weighted by Gasteiger charge is 2.26. The number of rotatable bonds is 4. The normalized spacial score (nSPS) is 14.0. The Bertz CT molecular complexity index is 650. The Morgan fingerprint density at radius 3 is 2.62 bits per heavy atom. The maximum Gasteiger partial charge on any atom is 0.145 e. The molecule has 2 nitrogen and oxygen atoms in total. The summed E-state index contributed by atoms with van der Waals surface area (Å²) in [5.41, 5.74) is 7.74. The van der Waals surface area contributed by atoms with Crippen LogP contribution in [-0.2, 0) is 0 Å². The lowest BCUT2D eigenvalue weighted by molar-refractivity contribution is 0.145. The van der Waals surface area contributed by atoms with Gasteiger partial charge in [-0.25, -0.2) is 4.39 Å². The Morgan fingerprint density at radius 2 is 2.00 bits per heavy atom. The topological polar surface area (TPSA) is 46.2 Å². The minimum Gasteiger partial charge on any atom is -0.388 e. The minimum absolute atomic E-state index is 0.0330. The molecule has 2 unspecified atom stereocenters. The summed E-state index contributed by atoms with van der Waals surface area (Å²) in [6.45, 7) is 2.01. The van der Waals surface area contributed by atoms with Crippen molar-refractivity contribution >= 4 is 27.5 Å². The van der Waals surface area contributed by atoms with E-state index in [1.807, 2.05) is 25.1 Å². The standard InChI is InChI=1S/C16H16BrClFNO/c1-9-7-10(17)5-6-11(9)16(21)13(8-20)12-3-2-4-14(18)15(12)19/h2-7,13,16,21H,8,20H2,1H3. The Balaban J connectivity index is 2.43. The highest BCUT2D eigenvalue weighted by atomic mass is 79.9. The van der Waals surface area contributed by atoms with Crippen LogP contribution in [0.25, 0.3) is 0 Å². The zero-order chi connectivity index (χ0) is 15.6. The predicted molar refractivity (Wildman–Crippen MR) is 87.0 cm³/mol. The van der Waals surface area contributed by atoms with Gasteiger partial charge in [0.25, 0.3) is 0 Å². The zero-order valence-corrected chi connectivity index (χ0v) is 13.8. The molecule has 0 fully saturated rings. The molecule has 2 rings (SSSR count). The van der Waals surface area contributed by atoms with E-state index in [0.29, 0.717) is 5.56 Å². The lowest BCUT2D eigenvalue weighted by Gasteiger charge is -2.24. The summed E-state index contributed by atoms with van der Waals surface area (Å²) in [6.07, 6.45) is -0.893. The number of benzene rings is 2. The summed E-state index contributed by atoms with van der Waals surface area (Å²) in [6, 6.07) is 10.3. The molecule has 0 aliphatic rings. The molecule has 2 aromatic rings. The molecule has 21 heavy (non-hydrogen) atoms. The van der Waals surface area contributed by atoms with Gasteiger partial charge in [0.15, 0.2) is 0 Å². The lowest BCUT2D eigenvalue weighted by atomic mass is 9.87. The molecular weight excluding hydrogens is 357 g/mol. The van der Waals surface area contributed by atoms with Crippen molar-refractivity contribution in [3.63, 3.8) is 0 Å². The van der Waals surface area contributed by atoms with Crippen LogP contribution in [0, 0.1) is 12.7 Å². The van der Waals surface area contributed by atoms with Crippen molar-refractivity contribution < 1.29 is 9.50 Å². The van der Waals surface area contributed by atoms with Crippen LogP contribution in [0.3, 0.4) is 0 Å². The molecule has 0 heterocycles. The summed E-state index contributed by atoms with van der Waals surface area (Å²) in [7, 11) is 0. The van der Waals surface area contributed by atoms with Gasteiger partial charge in [-0.3, -0.25) is 0 Å². The van der Waals surface area contributed by atoms with Crippen LogP contribution in [0.15, 0.2) is 40.9 Å². The van der Waals surface area contributed by atoms with E-state index < -0.39 is 17.8 Å². The maximum absolute atomic E-state index is 14.2. The van der Waals surface area contributed by atoms with Gasteiger partial charge in [0.2, 0.25) is 0 Å². The van der Waals surface area contributed by atoms with E-state index in [0.717, 1.165) is 15.6 Å². The molecule has 0 saturated heterocycles. The van der Waals surface area contributed by atoms with Crippen molar-refractivity contribution in [3.8, 4) is 0 Å². The van der Waals surface area contributed by atoms with Gasteiger partial charge in [0.05, 0.1) is 11.1 Å². The Kier molecular flexibility index (Phi) is 5.38. The predicted octanol–water partition coefficient (Wildman–Crippen LogP) is 4.33. The van der Waals surface area contributed by atoms with E-state index in [-0.39, 0.29) is 11.6 Å². The van der Waals surface area contributed by atoms with Gasteiger partial charge >= 0.3 is 0 Å². The number of aliphatic hydroxyl groups is 1. The van der Waals surface area contributed by atoms with Crippen molar-refractivity contribution in [2.45, 2.75) is 18.9 Å². The van der Waals surface area contributed by atoms with Crippen LogP contribution in [0.1, 0.15) is 28.7 Å². The highest BCUT2D eigenvalue weighted by Crippen LogP contribution is 2.35. The average Bonchev–Trinajstić information content (AvgIpc) is 2.44. The first kappa shape index (κ1) is 16.4. The van der Waals surface area contributed by atoms with Crippen molar-refractivity contribution in [1.82, 2.24) is 0 Å². The van der Waals surface area contributed by atoms with E-state index in [4.69, 9.17) is 17.3 Å². The van der Waals surface area contributed by atoms with Crippen molar-refractivity contribution in [3.05, 3.63) is 68.4 Å². The molecule has 0 bridgehead atoms. The molecule has 2 atom stereocenters. The van der Waals surface area contributed by atoms with Crippen LogP contribution in [0.5, 0.6) is 0 Å². The molecule has 112 valence electrons. The van der Waals surface area contributed by atoms with Crippen molar-refractivity contribution in [2.75, 3.05) is 6.54 Å². The van der Waals surface area contributed by atoms with Gasteiger partial charge in [-0.15, -0.1) is 0 Å². The highest BCUT2D eigenvalue weighted by molar-refractivity contribution is 9.10. The Hall–Kier alpha value is -0.940. The van der Waals surface area contributed by atoms with Crippen LogP contribution < -0.4 is 5.73 Å². The molecule has 0 aromatic heterocycles. The second kappa shape index (κ2) is 6.88. The maximum atomic E-state index is 14.2. The third-order valence-corrected chi connectivity index (χ3v) is 4.35. The molecule has 0 spiro atoms. The fourth-order valence-electron chi connectivity index (χ4n) is 2.42. The van der Waals surface area contributed by atoms with Crippen molar-refractivity contribution in [2.24, 2.45) is 5.73 Å². The van der Waals surface area contributed by atoms with E-state index in [2.05, 4.69) is 15.9 Å². The number of nitrogens with two attached hydrogens (primary N) is 1. The Morgan fingerprint density at radius 1 is 1.29 bits per heavy atom. The number of aliphatic hydroxyl groups excluding tert-OH is 1. The number of hydrogen-bond donors (Lipinski definition) is 2.